The molecule has 0 spiro atoms. The number of aryl methyl sites for hydroxylation is 3. The highest BCUT2D eigenvalue weighted by molar-refractivity contribution is 6.13. The van der Waals surface area contributed by atoms with Gasteiger partial charge >= 0.3 is 0 Å². The van der Waals surface area contributed by atoms with Crippen molar-refractivity contribution >= 4 is 11.6 Å². The number of carbonyl (C=O) groups excluding carboxylic acids is 2. The van der Waals surface area contributed by atoms with Gasteiger partial charge in [0.25, 0.3) is 0 Å². The van der Waals surface area contributed by atoms with E-state index in [1.807, 2.05) is 51.1 Å². The van der Waals surface area contributed by atoms with Crippen molar-refractivity contribution in [2.24, 2.45) is 0 Å². The van der Waals surface area contributed by atoms with Crippen LogP contribution in [-0.4, -0.2) is 11.6 Å². The van der Waals surface area contributed by atoms with Gasteiger partial charge in [-0.15, -0.1) is 0 Å². The molecule has 2 atom stereocenters. The zero-order valence-electron chi connectivity index (χ0n) is 13.1. The lowest BCUT2D eigenvalue weighted by Gasteiger charge is -2.36. The molecule has 0 saturated carbocycles. The van der Waals surface area contributed by atoms with Gasteiger partial charge in [0.05, 0.1) is 0 Å². The first-order chi connectivity index (χ1) is 10.5. The van der Waals surface area contributed by atoms with Crippen LogP contribution in [0.5, 0.6) is 0 Å². The Labute approximate surface area is 130 Å². The molecule has 22 heavy (non-hydrogen) atoms. The van der Waals surface area contributed by atoms with Gasteiger partial charge in [-0.25, -0.2) is 0 Å². The van der Waals surface area contributed by atoms with E-state index in [0.717, 1.165) is 38.9 Å². The monoisotopic (exact) mass is 290 g/mol. The molecule has 2 aromatic carbocycles. The van der Waals surface area contributed by atoms with E-state index >= 15 is 0 Å². The molecule has 2 heteroatoms. The minimum atomic E-state index is -0.161. The number of carbonyl (C=O) groups is 2. The minimum absolute atomic E-state index is 0.159. The van der Waals surface area contributed by atoms with E-state index in [-0.39, 0.29) is 23.4 Å². The summed E-state index contributed by atoms with van der Waals surface area (Å²) in [6, 6.07) is 9.92. The fraction of sp³-hybridized carbons (Fsp3) is 0.300. The average Bonchev–Trinajstić information content (AvgIpc) is 2.49. The molecule has 0 aliphatic heterocycles. The Kier molecular flexibility index (Phi) is 2.68. The number of ketones is 2. The molecule has 0 fully saturated rings. The largest absolute Gasteiger partial charge is 0.293 e. The van der Waals surface area contributed by atoms with Crippen molar-refractivity contribution in [3.05, 3.63) is 69.3 Å². The van der Waals surface area contributed by atoms with Crippen LogP contribution in [0.15, 0.2) is 30.3 Å². The first kappa shape index (κ1) is 13.4. The number of fused-ring (bicyclic) bond motifs is 6. The van der Waals surface area contributed by atoms with Gasteiger partial charge < -0.3 is 0 Å². The average molecular weight is 290 g/mol. The predicted octanol–water partition coefficient (Wildman–Crippen LogP) is 4.26. The highest BCUT2D eigenvalue weighted by Crippen LogP contribution is 2.47. The molecule has 0 aromatic heterocycles. The fourth-order valence-electron chi connectivity index (χ4n) is 3.89. The maximum Gasteiger partial charge on any atom is 0.170 e. The molecule has 4 rings (SSSR count). The van der Waals surface area contributed by atoms with E-state index in [0.29, 0.717) is 6.42 Å². The first-order valence-electron chi connectivity index (χ1n) is 7.77. The summed E-state index contributed by atoms with van der Waals surface area (Å²) in [7, 11) is 0. The zero-order valence-corrected chi connectivity index (χ0v) is 13.1. The Morgan fingerprint density at radius 1 is 0.773 bits per heavy atom. The Balaban J connectivity index is 1.98. The Hall–Kier alpha value is -2.22. The molecule has 0 heterocycles. The SMILES string of the molecule is Cc1ccc2c(c1)C(=O)C1CC2C(=O)c2cc(C)c(C)cc21. The van der Waals surface area contributed by atoms with Crippen LogP contribution in [0, 0.1) is 20.8 Å². The van der Waals surface area contributed by atoms with Gasteiger partial charge in [0.15, 0.2) is 11.6 Å². The van der Waals surface area contributed by atoms with Gasteiger partial charge in [0.2, 0.25) is 0 Å². The Bertz CT molecular complexity index is 845. The van der Waals surface area contributed by atoms with Gasteiger partial charge in [0, 0.05) is 23.0 Å². The zero-order chi connectivity index (χ0) is 15.6. The van der Waals surface area contributed by atoms with Crippen molar-refractivity contribution in [3.8, 4) is 0 Å². The summed E-state index contributed by atoms with van der Waals surface area (Å²) in [5.41, 5.74) is 6.68. The lowest BCUT2D eigenvalue weighted by atomic mass is 9.65. The van der Waals surface area contributed by atoms with Crippen molar-refractivity contribution in [3.63, 3.8) is 0 Å². The van der Waals surface area contributed by atoms with Gasteiger partial charge in [-0.2, -0.15) is 0 Å². The van der Waals surface area contributed by atoms with E-state index < -0.39 is 0 Å². The topological polar surface area (TPSA) is 34.1 Å². The van der Waals surface area contributed by atoms with Crippen LogP contribution in [0.4, 0.5) is 0 Å². The minimum Gasteiger partial charge on any atom is -0.293 e. The van der Waals surface area contributed by atoms with E-state index in [4.69, 9.17) is 0 Å². The van der Waals surface area contributed by atoms with Crippen LogP contribution in [-0.2, 0) is 0 Å². The number of rotatable bonds is 0. The molecule has 0 radical (unpaired) electrons. The van der Waals surface area contributed by atoms with E-state index in [1.54, 1.807) is 0 Å². The lowest BCUT2D eigenvalue weighted by Crippen LogP contribution is -2.34. The van der Waals surface area contributed by atoms with Crippen molar-refractivity contribution in [1.29, 1.82) is 0 Å². The molecule has 110 valence electrons. The molecule has 0 N–H and O–H groups in total. The molecule has 0 amide bonds. The summed E-state index contributed by atoms with van der Waals surface area (Å²) < 4.78 is 0. The second kappa shape index (κ2) is 4.39. The third-order valence-electron chi connectivity index (χ3n) is 5.26. The lowest BCUT2D eigenvalue weighted by molar-refractivity contribution is 0.0875. The highest BCUT2D eigenvalue weighted by Gasteiger charge is 2.43. The summed E-state index contributed by atoms with van der Waals surface area (Å²) in [5.74, 6) is 0.0260. The molecular formula is C20H18O2. The van der Waals surface area contributed by atoms with E-state index in [9.17, 15) is 9.59 Å². The summed E-state index contributed by atoms with van der Waals surface area (Å²) >= 11 is 0. The van der Waals surface area contributed by atoms with E-state index in [1.165, 1.54) is 0 Å². The van der Waals surface area contributed by atoms with Crippen molar-refractivity contribution < 1.29 is 9.59 Å². The maximum atomic E-state index is 12.9. The van der Waals surface area contributed by atoms with Gasteiger partial charge in [-0.05, 0) is 61.6 Å². The quantitative estimate of drug-likeness (QED) is 0.726. The summed E-state index contributed by atoms with van der Waals surface area (Å²) in [4.78, 5) is 25.9. The molecular weight excluding hydrogens is 272 g/mol. The second-order valence-electron chi connectivity index (χ2n) is 6.68. The normalized spacial score (nSPS) is 22.3. The van der Waals surface area contributed by atoms with Gasteiger partial charge in [-0.1, -0.05) is 23.8 Å². The van der Waals surface area contributed by atoms with Crippen molar-refractivity contribution in [2.45, 2.75) is 39.0 Å². The molecule has 2 nitrogen and oxygen atoms in total. The van der Waals surface area contributed by atoms with Crippen molar-refractivity contribution in [1.82, 2.24) is 0 Å². The number of hydrogen-bond acceptors (Lipinski definition) is 2. The standard InChI is InChI=1S/C20H18O2/c1-10-4-5-13-15(6-10)19(21)18-9-17(13)20(22)16-8-12(3)11(2)7-14(16)18/h4-8,17-18H,9H2,1-3H3. The summed E-state index contributed by atoms with van der Waals surface area (Å²) in [6.07, 6.45) is 0.628. The molecule has 0 saturated heterocycles. The molecule has 2 bridgehead atoms. The third-order valence-corrected chi connectivity index (χ3v) is 5.26. The van der Waals surface area contributed by atoms with Crippen LogP contribution in [0.2, 0.25) is 0 Å². The third kappa shape index (κ3) is 1.67. The van der Waals surface area contributed by atoms with Crippen LogP contribution in [0.1, 0.15) is 66.8 Å². The second-order valence-corrected chi connectivity index (χ2v) is 6.68. The highest BCUT2D eigenvalue weighted by atomic mass is 16.1. The Morgan fingerprint density at radius 2 is 1.36 bits per heavy atom. The van der Waals surface area contributed by atoms with Crippen LogP contribution in [0.3, 0.4) is 0 Å². The van der Waals surface area contributed by atoms with E-state index in [2.05, 4.69) is 0 Å². The molecule has 2 unspecified atom stereocenters. The summed E-state index contributed by atoms with van der Waals surface area (Å²) in [6.45, 7) is 6.05. The molecule has 2 aromatic rings. The number of hydrogen-bond donors (Lipinski definition) is 0. The van der Waals surface area contributed by atoms with Crippen LogP contribution >= 0.6 is 0 Å². The number of Topliss-reactive ketones (excluding diaryl/α,β-unsaturated/α-hetero) is 2. The van der Waals surface area contributed by atoms with Crippen molar-refractivity contribution in [2.75, 3.05) is 0 Å². The smallest absolute Gasteiger partial charge is 0.170 e. The predicted molar refractivity (Wildman–Crippen MR) is 85.9 cm³/mol. The first-order valence-corrected chi connectivity index (χ1v) is 7.77. The number of benzene rings is 2. The van der Waals surface area contributed by atoms with Crippen LogP contribution < -0.4 is 0 Å². The molecule has 2 aliphatic carbocycles. The van der Waals surface area contributed by atoms with Gasteiger partial charge in [-0.3, -0.25) is 9.59 Å². The molecule has 2 aliphatic rings. The summed E-state index contributed by atoms with van der Waals surface area (Å²) in [5, 5.41) is 0. The fourth-order valence-corrected chi connectivity index (χ4v) is 3.89. The van der Waals surface area contributed by atoms with Gasteiger partial charge in [0.1, 0.15) is 0 Å². The van der Waals surface area contributed by atoms with Crippen LogP contribution in [0.25, 0.3) is 0 Å². The Morgan fingerprint density at radius 3 is 2.09 bits per heavy atom. The maximum absolute atomic E-state index is 12.9.